The van der Waals surface area contributed by atoms with E-state index in [4.69, 9.17) is 5.11 Å². The second-order valence-corrected chi connectivity index (χ2v) is 3.75. The molecule has 5 heteroatoms. The molecule has 0 radical (unpaired) electrons. The quantitative estimate of drug-likeness (QED) is 0.775. The van der Waals surface area contributed by atoms with Gasteiger partial charge in [-0.1, -0.05) is 13.8 Å². The Morgan fingerprint density at radius 1 is 1.67 bits per heavy atom. The SMILES string of the molecule is CC(C)Cc1nc(C(=O)O)ns1. The van der Waals surface area contributed by atoms with Gasteiger partial charge in [-0.2, -0.15) is 4.37 Å². The summed E-state index contributed by atoms with van der Waals surface area (Å²) in [7, 11) is 0. The van der Waals surface area contributed by atoms with E-state index in [0.29, 0.717) is 5.92 Å². The van der Waals surface area contributed by atoms with E-state index in [2.05, 4.69) is 23.2 Å². The first-order chi connectivity index (χ1) is 5.59. The second-order valence-electron chi connectivity index (χ2n) is 2.91. The molecular weight excluding hydrogens is 176 g/mol. The third kappa shape index (κ3) is 2.27. The average molecular weight is 186 g/mol. The van der Waals surface area contributed by atoms with E-state index in [0.717, 1.165) is 23.0 Å². The molecule has 66 valence electrons. The maximum atomic E-state index is 10.4. The molecule has 1 N–H and O–H groups in total. The minimum atomic E-state index is -1.05. The topological polar surface area (TPSA) is 63.1 Å². The molecule has 1 aromatic rings. The summed E-state index contributed by atoms with van der Waals surface area (Å²) < 4.78 is 3.70. The van der Waals surface area contributed by atoms with Gasteiger partial charge in [-0.3, -0.25) is 0 Å². The number of carboxylic acids is 1. The first kappa shape index (κ1) is 9.12. The van der Waals surface area contributed by atoms with Gasteiger partial charge >= 0.3 is 5.97 Å². The number of aromatic nitrogens is 2. The molecule has 12 heavy (non-hydrogen) atoms. The van der Waals surface area contributed by atoms with E-state index in [9.17, 15) is 4.79 Å². The fourth-order valence-electron chi connectivity index (χ4n) is 0.774. The van der Waals surface area contributed by atoms with Gasteiger partial charge in [0.25, 0.3) is 5.82 Å². The summed E-state index contributed by atoms with van der Waals surface area (Å²) >= 11 is 1.16. The van der Waals surface area contributed by atoms with E-state index in [1.807, 2.05) is 0 Å². The number of aromatic carboxylic acids is 1. The Hall–Kier alpha value is -0.970. The van der Waals surface area contributed by atoms with Crippen molar-refractivity contribution < 1.29 is 9.90 Å². The van der Waals surface area contributed by atoms with Crippen molar-refractivity contribution in [3.63, 3.8) is 0 Å². The van der Waals surface area contributed by atoms with Crippen LogP contribution in [0, 0.1) is 5.92 Å². The van der Waals surface area contributed by atoms with E-state index >= 15 is 0 Å². The van der Waals surface area contributed by atoms with Crippen molar-refractivity contribution in [2.24, 2.45) is 5.92 Å². The van der Waals surface area contributed by atoms with E-state index < -0.39 is 5.97 Å². The predicted octanol–water partition coefficient (Wildman–Crippen LogP) is 1.43. The van der Waals surface area contributed by atoms with Crippen LogP contribution in [0.2, 0.25) is 0 Å². The van der Waals surface area contributed by atoms with Crippen molar-refractivity contribution in [1.82, 2.24) is 9.36 Å². The monoisotopic (exact) mass is 186 g/mol. The van der Waals surface area contributed by atoms with Gasteiger partial charge in [0.15, 0.2) is 0 Å². The Bertz CT molecular complexity index is 283. The van der Waals surface area contributed by atoms with Gasteiger partial charge in [0.1, 0.15) is 5.01 Å². The van der Waals surface area contributed by atoms with Crippen molar-refractivity contribution in [3.05, 3.63) is 10.8 Å². The predicted molar refractivity (Wildman–Crippen MR) is 45.4 cm³/mol. The number of carboxylic acid groups (broad SMARTS) is 1. The van der Waals surface area contributed by atoms with Crippen molar-refractivity contribution in [1.29, 1.82) is 0 Å². The van der Waals surface area contributed by atoms with E-state index in [1.54, 1.807) is 0 Å². The van der Waals surface area contributed by atoms with Crippen LogP contribution in [-0.2, 0) is 6.42 Å². The zero-order valence-electron chi connectivity index (χ0n) is 6.94. The van der Waals surface area contributed by atoms with Gasteiger partial charge in [-0.05, 0) is 17.5 Å². The lowest BCUT2D eigenvalue weighted by atomic mass is 10.1. The first-order valence-electron chi connectivity index (χ1n) is 3.65. The van der Waals surface area contributed by atoms with Crippen LogP contribution >= 0.6 is 11.5 Å². The molecule has 4 nitrogen and oxygen atoms in total. The van der Waals surface area contributed by atoms with Crippen molar-refractivity contribution in [2.75, 3.05) is 0 Å². The molecule has 1 aromatic heterocycles. The molecule has 0 aliphatic carbocycles. The van der Waals surface area contributed by atoms with Crippen LogP contribution in [0.15, 0.2) is 0 Å². The lowest BCUT2D eigenvalue weighted by Crippen LogP contribution is -2.00. The molecule has 0 aliphatic rings. The van der Waals surface area contributed by atoms with Gasteiger partial charge in [-0.15, -0.1) is 0 Å². The minimum Gasteiger partial charge on any atom is -0.475 e. The van der Waals surface area contributed by atoms with Crippen LogP contribution in [0.1, 0.15) is 29.5 Å². The summed E-state index contributed by atoms with van der Waals surface area (Å²) in [6.07, 6.45) is 0.797. The first-order valence-corrected chi connectivity index (χ1v) is 4.43. The highest BCUT2D eigenvalue weighted by molar-refractivity contribution is 7.05. The Morgan fingerprint density at radius 3 is 2.75 bits per heavy atom. The van der Waals surface area contributed by atoms with Crippen LogP contribution in [0.3, 0.4) is 0 Å². The normalized spacial score (nSPS) is 10.6. The molecule has 0 amide bonds. The number of nitrogens with zero attached hydrogens (tertiary/aromatic N) is 2. The standard InChI is InChI=1S/C7H10N2O2S/c1-4(2)3-5-8-6(7(10)11)9-12-5/h4H,3H2,1-2H3,(H,10,11). The minimum absolute atomic E-state index is 0.0874. The molecule has 0 aromatic carbocycles. The van der Waals surface area contributed by atoms with Crippen LogP contribution in [0.25, 0.3) is 0 Å². The number of rotatable bonds is 3. The van der Waals surface area contributed by atoms with E-state index in [1.165, 1.54) is 0 Å². The highest BCUT2D eigenvalue weighted by Gasteiger charge is 2.11. The smallest absolute Gasteiger partial charge is 0.374 e. The van der Waals surface area contributed by atoms with Crippen LogP contribution in [0.5, 0.6) is 0 Å². The third-order valence-corrected chi connectivity index (χ3v) is 1.98. The van der Waals surface area contributed by atoms with Gasteiger partial charge in [0.2, 0.25) is 0 Å². The summed E-state index contributed by atoms with van der Waals surface area (Å²) in [5.41, 5.74) is 0. The summed E-state index contributed by atoms with van der Waals surface area (Å²) in [5.74, 6) is -0.656. The van der Waals surface area contributed by atoms with Gasteiger partial charge in [-0.25, -0.2) is 9.78 Å². The lowest BCUT2D eigenvalue weighted by Gasteiger charge is -1.96. The molecule has 0 fully saturated rings. The molecule has 0 atom stereocenters. The van der Waals surface area contributed by atoms with Gasteiger partial charge in [0.05, 0.1) is 0 Å². The average Bonchev–Trinajstić information content (AvgIpc) is 2.34. The van der Waals surface area contributed by atoms with Crippen LogP contribution in [-0.4, -0.2) is 20.4 Å². The van der Waals surface area contributed by atoms with Gasteiger partial charge in [0, 0.05) is 6.42 Å². The summed E-state index contributed by atoms with van der Waals surface area (Å²) in [6, 6.07) is 0. The highest BCUT2D eigenvalue weighted by atomic mass is 32.1. The van der Waals surface area contributed by atoms with Gasteiger partial charge < -0.3 is 5.11 Å². The maximum absolute atomic E-state index is 10.4. The second kappa shape index (κ2) is 3.62. The Morgan fingerprint density at radius 2 is 2.33 bits per heavy atom. The molecular formula is C7H10N2O2S. The number of hydrogen-bond donors (Lipinski definition) is 1. The Balaban J connectivity index is 2.71. The summed E-state index contributed by atoms with van der Waals surface area (Å²) in [5, 5.41) is 9.31. The summed E-state index contributed by atoms with van der Waals surface area (Å²) in [4.78, 5) is 14.2. The Kier molecular flexibility index (Phi) is 2.75. The molecule has 0 saturated heterocycles. The molecule has 1 rings (SSSR count). The molecule has 0 aliphatic heterocycles. The molecule has 0 saturated carbocycles. The molecule has 0 spiro atoms. The number of carbonyl (C=O) groups is 1. The summed E-state index contributed by atoms with van der Waals surface area (Å²) in [6.45, 7) is 4.11. The number of hydrogen-bond acceptors (Lipinski definition) is 4. The van der Waals surface area contributed by atoms with E-state index in [-0.39, 0.29) is 5.82 Å². The fraction of sp³-hybridized carbons (Fsp3) is 0.571. The maximum Gasteiger partial charge on any atom is 0.374 e. The van der Waals surface area contributed by atoms with Crippen LogP contribution in [0.4, 0.5) is 0 Å². The molecule has 0 unspecified atom stereocenters. The van der Waals surface area contributed by atoms with Crippen molar-refractivity contribution >= 4 is 17.5 Å². The lowest BCUT2D eigenvalue weighted by molar-refractivity contribution is 0.0685. The van der Waals surface area contributed by atoms with Crippen LogP contribution < -0.4 is 0 Å². The largest absolute Gasteiger partial charge is 0.475 e. The molecule has 0 bridgehead atoms. The van der Waals surface area contributed by atoms with Crippen molar-refractivity contribution in [2.45, 2.75) is 20.3 Å². The Labute approximate surface area is 74.4 Å². The third-order valence-electron chi connectivity index (χ3n) is 1.24. The highest BCUT2D eigenvalue weighted by Crippen LogP contribution is 2.10. The zero-order valence-corrected chi connectivity index (χ0v) is 7.76. The zero-order chi connectivity index (χ0) is 9.14. The fourth-order valence-corrected chi connectivity index (χ4v) is 1.62. The molecule has 1 heterocycles. The van der Waals surface area contributed by atoms with Crippen molar-refractivity contribution in [3.8, 4) is 0 Å².